The minimum Gasteiger partial charge on any atom is -0.354 e. The summed E-state index contributed by atoms with van der Waals surface area (Å²) in [4.78, 5) is 27.7. The van der Waals surface area contributed by atoms with Crippen molar-refractivity contribution in [2.75, 3.05) is 6.54 Å². The summed E-state index contributed by atoms with van der Waals surface area (Å²) >= 11 is 12.4. The van der Waals surface area contributed by atoms with Gasteiger partial charge in [-0.25, -0.2) is 0 Å². The first-order chi connectivity index (χ1) is 14.3. The zero-order valence-electron chi connectivity index (χ0n) is 17.8. The van der Waals surface area contributed by atoms with Gasteiger partial charge in [0.1, 0.15) is 6.04 Å². The molecule has 1 N–H and O–H groups in total. The molecule has 1 unspecified atom stereocenters. The molecule has 30 heavy (non-hydrogen) atoms. The topological polar surface area (TPSA) is 49.4 Å². The summed E-state index contributed by atoms with van der Waals surface area (Å²) in [5.41, 5.74) is 1.86. The second-order valence-corrected chi connectivity index (χ2v) is 8.65. The van der Waals surface area contributed by atoms with Crippen molar-refractivity contribution in [2.45, 2.75) is 52.6 Å². The van der Waals surface area contributed by atoms with Gasteiger partial charge in [0.25, 0.3) is 0 Å². The van der Waals surface area contributed by atoms with Gasteiger partial charge in [0.05, 0.1) is 0 Å². The largest absolute Gasteiger partial charge is 0.354 e. The lowest BCUT2D eigenvalue weighted by molar-refractivity contribution is -0.141. The summed E-state index contributed by atoms with van der Waals surface area (Å²) in [7, 11) is 0. The number of nitrogens with zero attached hydrogens (tertiary/aromatic N) is 1. The van der Waals surface area contributed by atoms with Gasteiger partial charge < -0.3 is 10.2 Å². The molecule has 6 heteroatoms. The Hall–Kier alpha value is -2.04. The average Bonchev–Trinajstić information content (AvgIpc) is 2.72. The van der Waals surface area contributed by atoms with Crippen molar-refractivity contribution in [3.8, 4) is 0 Å². The summed E-state index contributed by atoms with van der Waals surface area (Å²) in [6.45, 7) is 6.83. The fourth-order valence-electron chi connectivity index (χ4n) is 3.22. The molecule has 0 aliphatic rings. The first-order valence-electron chi connectivity index (χ1n) is 10.4. The molecule has 4 nitrogen and oxygen atoms in total. The van der Waals surface area contributed by atoms with Crippen molar-refractivity contribution < 1.29 is 9.59 Å². The third-order valence-electron chi connectivity index (χ3n) is 4.90. The molecular formula is C24H30Cl2N2O2. The predicted octanol–water partition coefficient (Wildman–Crippen LogP) is 5.51. The summed E-state index contributed by atoms with van der Waals surface area (Å²) in [5.74, 6) is 0.125. The number of rotatable bonds is 10. The third kappa shape index (κ3) is 7.33. The quantitative estimate of drug-likeness (QED) is 0.520. The van der Waals surface area contributed by atoms with E-state index < -0.39 is 6.04 Å². The lowest BCUT2D eigenvalue weighted by atomic mass is 10.1. The molecule has 2 rings (SSSR count). The molecule has 1 atom stereocenters. The van der Waals surface area contributed by atoms with Crippen LogP contribution in [-0.2, 0) is 22.6 Å². The highest BCUT2D eigenvalue weighted by Gasteiger charge is 2.28. The van der Waals surface area contributed by atoms with Gasteiger partial charge in [0.15, 0.2) is 0 Å². The van der Waals surface area contributed by atoms with E-state index >= 15 is 0 Å². The molecule has 0 radical (unpaired) electrons. The zero-order chi connectivity index (χ0) is 22.1. The minimum atomic E-state index is -0.557. The number of aryl methyl sites for hydroxylation is 1. The van der Waals surface area contributed by atoms with Crippen LogP contribution in [0.5, 0.6) is 0 Å². The molecule has 0 bridgehead atoms. The van der Waals surface area contributed by atoms with Crippen molar-refractivity contribution in [2.24, 2.45) is 5.92 Å². The Morgan fingerprint density at radius 2 is 1.77 bits per heavy atom. The van der Waals surface area contributed by atoms with Gasteiger partial charge in [-0.3, -0.25) is 9.59 Å². The number of carbonyl (C=O) groups excluding carboxylic acids is 2. The van der Waals surface area contributed by atoms with Gasteiger partial charge >= 0.3 is 0 Å². The highest BCUT2D eigenvalue weighted by molar-refractivity contribution is 6.35. The van der Waals surface area contributed by atoms with E-state index in [0.717, 1.165) is 11.1 Å². The number of amides is 2. The maximum atomic E-state index is 13.2. The number of halogens is 2. The maximum Gasteiger partial charge on any atom is 0.242 e. The fraction of sp³-hybridized carbons (Fsp3) is 0.417. The molecule has 0 aliphatic carbocycles. The van der Waals surface area contributed by atoms with E-state index in [0.29, 0.717) is 41.8 Å². The van der Waals surface area contributed by atoms with Gasteiger partial charge in [-0.05, 0) is 42.0 Å². The molecular weight excluding hydrogens is 419 g/mol. The van der Waals surface area contributed by atoms with E-state index in [1.165, 1.54) is 0 Å². The Labute approximate surface area is 189 Å². The lowest BCUT2D eigenvalue weighted by Gasteiger charge is -2.31. The Bertz CT molecular complexity index is 840. The number of nitrogens with one attached hydrogen (secondary N) is 1. The summed E-state index contributed by atoms with van der Waals surface area (Å²) in [5, 5.41) is 3.99. The van der Waals surface area contributed by atoms with Crippen LogP contribution < -0.4 is 5.32 Å². The Kier molecular flexibility index (Phi) is 9.67. The van der Waals surface area contributed by atoms with Crippen LogP contribution >= 0.6 is 23.2 Å². The van der Waals surface area contributed by atoms with Gasteiger partial charge in [0, 0.05) is 29.6 Å². The van der Waals surface area contributed by atoms with Crippen LogP contribution in [0, 0.1) is 5.92 Å². The van der Waals surface area contributed by atoms with E-state index in [4.69, 9.17) is 23.2 Å². The van der Waals surface area contributed by atoms with E-state index in [-0.39, 0.29) is 18.4 Å². The van der Waals surface area contributed by atoms with Crippen molar-refractivity contribution in [1.82, 2.24) is 10.2 Å². The smallest absolute Gasteiger partial charge is 0.242 e. The number of hydrogen-bond acceptors (Lipinski definition) is 2. The van der Waals surface area contributed by atoms with Crippen molar-refractivity contribution in [1.29, 1.82) is 0 Å². The second kappa shape index (κ2) is 12.0. The first-order valence-corrected chi connectivity index (χ1v) is 11.1. The number of benzene rings is 2. The Morgan fingerprint density at radius 1 is 1.07 bits per heavy atom. The van der Waals surface area contributed by atoms with E-state index in [2.05, 4.69) is 5.32 Å². The molecule has 2 aromatic rings. The van der Waals surface area contributed by atoms with Gasteiger partial charge in [-0.1, -0.05) is 80.4 Å². The maximum absolute atomic E-state index is 13.2. The standard InChI is InChI=1S/C24H30Cl2N2O2/c1-4-22(24(30)27-15-17(2)3)28(16-19-11-12-20(25)14-21(19)26)23(29)13-10-18-8-6-5-7-9-18/h5-9,11-12,14,17,22H,4,10,13,15-16H2,1-3H3,(H,27,30). The van der Waals surface area contributed by atoms with Crippen molar-refractivity contribution in [3.05, 3.63) is 69.7 Å². The van der Waals surface area contributed by atoms with Crippen molar-refractivity contribution >= 4 is 35.0 Å². The van der Waals surface area contributed by atoms with Crippen LogP contribution in [0.3, 0.4) is 0 Å². The second-order valence-electron chi connectivity index (χ2n) is 7.81. The van der Waals surface area contributed by atoms with Crippen LogP contribution in [-0.4, -0.2) is 29.3 Å². The van der Waals surface area contributed by atoms with Crippen LogP contribution in [0.1, 0.15) is 44.7 Å². The van der Waals surface area contributed by atoms with Gasteiger partial charge in [0.2, 0.25) is 11.8 Å². The van der Waals surface area contributed by atoms with E-state index in [1.807, 2.05) is 51.1 Å². The molecule has 0 heterocycles. The molecule has 0 saturated carbocycles. The van der Waals surface area contributed by atoms with Crippen LogP contribution in [0.15, 0.2) is 48.5 Å². The lowest BCUT2D eigenvalue weighted by Crippen LogP contribution is -2.49. The molecule has 162 valence electrons. The normalized spacial score (nSPS) is 11.9. The molecule has 0 spiro atoms. The van der Waals surface area contributed by atoms with Gasteiger partial charge in [-0.2, -0.15) is 0 Å². The summed E-state index contributed by atoms with van der Waals surface area (Å²) < 4.78 is 0. The number of hydrogen-bond donors (Lipinski definition) is 1. The Balaban J connectivity index is 2.22. The fourth-order valence-corrected chi connectivity index (χ4v) is 3.68. The minimum absolute atomic E-state index is 0.0728. The Morgan fingerprint density at radius 3 is 2.37 bits per heavy atom. The SMILES string of the molecule is CCC(C(=O)NCC(C)C)N(Cc1ccc(Cl)cc1Cl)C(=O)CCc1ccccc1. The van der Waals surface area contributed by atoms with Crippen LogP contribution in [0.2, 0.25) is 10.0 Å². The molecule has 0 saturated heterocycles. The highest BCUT2D eigenvalue weighted by Crippen LogP contribution is 2.24. The molecule has 0 fully saturated rings. The van der Waals surface area contributed by atoms with Crippen LogP contribution in [0.4, 0.5) is 0 Å². The van der Waals surface area contributed by atoms with E-state index in [1.54, 1.807) is 23.1 Å². The first kappa shape index (κ1) is 24.2. The molecule has 2 aromatic carbocycles. The highest BCUT2D eigenvalue weighted by atomic mass is 35.5. The monoisotopic (exact) mass is 448 g/mol. The predicted molar refractivity (Wildman–Crippen MR) is 124 cm³/mol. The molecule has 0 aliphatic heterocycles. The zero-order valence-corrected chi connectivity index (χ0v) is 19.3. The van der Waals surface area contributed by atoms with Gasteiger partial charge in [-0.15, -0.1) is 0 Å². The third-order valence-corrected chi connectivity index (χ3v) is 5.48. The van der Waals surface area contributed by atoms with Crippen LogP contribution in [0.25, 0.3) is 0 Å². The van der Waals surface area contributed by atoms with Crippen molar-refractivity contribution in [3.63, 3.8) is 0 Å². The molecule has 2 amide bonds. The van der Waals surface area contributed by atoms with E-state index in [9.17, 15) is 9.59 Å². The number of carbonyl (C=O) groups is 2. The summed E-state index contributed by atoms with van der Waals surface area (Å²) in [6.07, 6.45) is 1.46. The summed E-state index contributed by atoms with van der Waals surface area (Å²) in [6, 6.07) is 14.5. The average molecular weight is 449 g/mol. The molecule has 0 aromatic heterocycles.